The highest BCUT2D eigenvalue weighted by Crippen LogP contribution is 2.28. The number of carbonyl (C=O) groups is 3. The summed E-state index contributed by atoms with van der Waals surface area (Å²) >= 11 is 0. The van der Waals surface area contributed by atoms with Crippen molar-refractivity contribution < 1.29 is 38.1 Å². The number of carbonyl (C=O) groups excluding carboxylic acids is 3. The van der Waals surface area contributed by atoms with Crippen molar-refractivity contribution in [2.45, 2.75) is 0 Å². The molecule has 0 spiro atoms. The van der Waals surface area contributed by atoms with Gasteiger partial charge in [-0.25, -0.2) is 14.4 Å². The zero-order valence-electron chi connectivity index (χ0n) is 15.2. The van der Waals surface area contributed by atoms with Crippen LogP contribution in [0.2, 0.25) is 0 Å². The maximum atomic E-state index is 12.4. The van der Waals surface area contributed by atoms with E-state index in [1.54, 1.807) is 6.07 Å². The summed E-state index contributed by atoms with van der Waals surface area (Å²) in [5, 5.41) is 0. The fourth-order valence-electron chi connectivity index (χ4n) is 2.26. The average Bonchev–Trinajstić information content (AvgIpc) is 2.71. The molecular formula is C19H18O8. The van der Waals surface area contributed by atoms with Gasteiger partial charge in [0.1, 0.15) is 5.75 Å². The van der Waals surface area contributed by atoms with Crippen molar-refractivity contribution in [3.63, 3.8) is 0 Å². The minimum atomic E-state index is -0.714. The van der Waals surface area contributed by atoms with E-state index >= 15 is 0 Å². The minimum absolute atomic E-state index is 0.0157. The first-order chi connectivity index (χ1) is 12.9. The fraction of sp³-hybridized carbons (Fsp3) is 0.211. The van der Waals surface area contributed by atoms with Gasteiger partial charge in [-0.05, 0) is 36.4 Å². The topological polar surface area (TPSA) is 97.4 Å². The van der Waals surface area contributed by atoms with Crippen LogP contribution in [0.1, 0.15) is 31.1 Å². The summed E-state index contributed by atoms with van der Waals surface area (Å²) in [6.45, 7) is 0. The smallest absolute Gasteiger partial charge is 0.343 e. The van der Waals surface area contributed by atoms with Crippen molar-refractivity contribution in [1.29, 1.82) is 0 Å². The lowest BCUT2D eigenvalue weighted by Gasteiger charge is -2.11. The van der Waals surface area contributed by atoms with Crippen molar-refractivity contribution in [3.8, 4) is 17.2 Å². The molecule has 0 saturated carbocycles. The SMILES string of the molecule is COC(=O)c1cc(OC(=O)c2ccc(OC)c(OC)c2)cc(C(=O)OC)c1. The number of benzene rings is 2. The number of methoxy groups -OCH3 is 4. The maximum Gasteiger partial charge on any atom is 0.343 e. The second-order valence-electron chi connectivity index (χ2n) is 5.19. The molecule has 27 heavy (non-hydrogen) atoms. The molecule has 8 nitrogen and oxygen atoms in total. The van der Waals surface area contributed by atoms with Crippen molar-refractivity contribution in [2.75, 3.05) is 28.4 Å². The van der Waals surface area contributed by atoms with Crippen molar-refractivity contribution in [2.24, 2.45) is 0 Å². The summed E-state index contributed by atoms with van der Waals surface area (Å²) in [6.07, 6.45) is 0. The van der Waals surface area contributed by atoms with Gasteiger partial charge < -0.3 is 23.7 Å². The van der Waals surface area contributed by atoms with Gasteiger partial charge in [0.15, 0.2) is 11.5 Å². The Balaban J connectivity index is 2.36. The molecule has 0 amide bonds. The van der Waals surface area contributed by atoms with Crippen LogP contribution >= 0.6 is 0 Å². The molecule has 0 saturated heterocycles. The Hall–Kier alpha value is -3.55. The van der Waals surface area contributed by atoms with Gasteiger partial charge in [0.25, 0.3) is 0 Å². The van der Waals surface area contributed by atoms with Crippen LogP contribution in [0, 0.1) is 0 Å². The van der Waals surface area contributed by atoms with Crippen molar-refractivity contribution in [1.82, 2.24) is 0 Å². The van der Waals surface area contributed by atoms with E-state index in [9.17, 15) is 14.4 Å². The van der Waals surface area contributed by atoms with Crippen LogP contribution in [-0.2, 0) is 9.47 Å². The molecule has 2 rings (SSSR count). The van der Waals surface area contributed by atoms with Gasteiger partial charge in [0, 0.05) is 0 Å². The minimum Gasteiger partial charge on any atom is -0.493 e. The Kier molecular flexibility index (Phi) is 6.37. The molecule has 0 aliphatic rings. The Labute approximate surface area is 155 Å². The van der Waals surface area contributed by atoms with Crippen LogP contribution < -0.4 is 14.2 Å². The van der Waals surface area contributed by atoms with Gasteiger partial charge in [-0.1, -0.05) is 0 Å². The highest BCUT2D eigenvalue weighted by Gasteiger charge is 2.18. The summed E-state index contributed by atoms with van der Waals surface area (Å²) in [7, 11) is 5.31. The predicted octanol–water partition coefficient (Wildman–Crippen LogP) is 2.50. The largest absolute Gasteiger partial charge is 0.493 e. The molecule has 0 N–H and O–H groups in total. The third kappa shape index (κ3) is 4.55. The van der Waals surface area contributed by atoms with Crippen LogP contribution in [0.25, 0.3) is 0 Å². The molecule has 0 unspecified atom stereocenters. The van der Waals surface area contributed by atoms with E-state index < -0.39 is 17.9 Å². The molecule has 0 fully saturated rings. The summed E-state index contributed by atoms with van der Waals surface area (Å²) in [6, 6.07) is 8.36. The number of rotatable bonds is 6. The molecule has 0 radical (unpaired) electrons. The Bertz CT molecular complexity index is 838. The Morgan fingerprint density at radius 2 is 1.19 bits per heavy atom. The lowest BCUT2D eigenvalue weighted by molar-refractivity contribution is 0.0593. The molecule has 0 heterocycles. The second kappa shape index (κ2) is 8.70. The van der Waals surface area contributed by atoms with E-state index in [1.807, 2.05) is 0 Å². The first-order valence-electron chi connectivity index (χ1n) is 7.69. The fourth-order valence-corrected chi connectivity index (χ4v) is 2.26. The summed E-state index contributed by atoms with van der Waals surface area (Å²) in [5.41, 5.74) is 0.266. The second-order valence-corrected chi connectivity index (χ2v) is 5.19. The van der Waals surface area contributed by atoms with E-state index in [1.165, 1.54) is 58.8 Å². The number of ether oxygens (including phenoxy) is 5. The summed E-state index contributed by atoms with van der Waals surface area (Å²) in [4.78, 5) is 36.0. The van der Waals surface area contributed by atoms with Gasteiger partial charge in [0.2, 0.25) is 0 Å². The number of esters is 3. The van der Waals surface area contributed by atoms with Gasteiger partial charge in [-0.15, -0.1) is 0 Å². The van der Waals surface area contributed by atoms with Gasteiger partial charge in [-0.2, -0.15) is 0 Å². The molecule has 0 aliphatic heterocycles. The van der Waals surface area contributed by atoms with Crippen LogP contribution in [0.5, 0.6) is 17.2 Å². The normalized spacial score (nSPS) is 9.93. The molecule has 2 aromatic rings. The van der Waals surface area contributed by atoms with E-state index in [0.717, 1.165) is 0 Å². The van der Waals surface area contributed by atoms with E-state index in [-0.39, 0.29) is 22.4 Å². The highest BCUT2D eigenvalue weighted by atomic mass is 16.5. The molecule has 142 valence electrons. The zero-order chi connectivity index (χ0) is 20.0. The van der Waals surface area contributed by atoms with Crippen molar-refractivity contribution in [3.05, 3.63) is 53.1 Å². The van der Waals surface area contributed by atoms with E-state index in [0.29, 0.717) is 11.5 Å². The molecular weight excluding hydrogens is 356 g/mol. The highest BCUT2D eigenvalue weighted by molar-refractivity contribution is 5.97. The molecule has 0 aromatic heterocycles. The quantitative estimate of drug-likeness (QED) is 0.562. The molecule has 8 heteroatoms. The molecule has 0 atom stereocenters. The number of hydrogen-bond donors (Lipinski definition) is 0. The third-order valence-electron chi connectivity index (χ3n) is 3.58. The van der Waals surface area contributed by atoms with E-state index in [4.69, 9.17) is 14.2 Å². The maximum absolute atomic E-state index is 12.4. The third-order valence-corrected chi connectivity index (χ3v) is 3.58. The van der Waals surface area contributed by atoms with Crippen LogP contribution in [-0.4, -0.2) is 46.3 Å². The average molecular weight is 374 g/mol. The first kappa shape index (κ1) is 19.8. The Morgan fingerprint density at radius 3 is 1.67 bits per heavy atom. The Morgan fingerprint density at radius 1 is 0.630 bits per heavy atom. The van der Waals surface area contributed by atoms with Crippen LogP contribution in [0.15, 0.2) is 36.4 Å². The monoisotopic (exact) mass is 374 g/mol. The van der Waals surface area contributed by atoms with Gasteiger partial charge in [-0.3, -0.25) is 0 Å². The molecule has 2 aromatic carbocycles. The van der Waals surface area contributed by atoms with Crippen LogP contribution in [0.3, 0.4) is 0 Å². The lowest BCUT2D eigenvalue weighted by atomic mass is 10.1. The predicted molar refractivity (Wildman–Crippen MR) is 93.6 cm³/mol. The molecule has 0 bridgehead atoms. The van der Waals surface area contributed by atoms with Crippen LogP contribution in [0.4, 0.5) is 0 Å². The summed E-state index contributed by atoms with van der Waals surface area (Å²) in [5.74, 6) is -1.31. The number of hydrogen-bond acceptors (Lipinski definition) is 8. The van der Waals surface area contributed by atoms with Gasteiger partial charge in [0.05, 0.1) is 45.1 Å². The van der Waals surface area contributed by atoms with E-state index in [2.05, 4.69) is 9.47 Å². The lowest BCUT2D eigenvalue weighted by Crippen LogP contribution is -2.12. The molecule has 0 aliphatic carbocycles. The zero-order valence-corrected chi connectivity index (χ0v) is 15.2. The summed E-state index contributed by atoms with van der Waals surface area (Å²) < 4.78 is 24.9. The standard InChI is InChI=1S/C19H18O8/c1-23-15-6-5-11(10-16(15)24-2)19(22)27-14-8-12(17(20)25-3)7-13(9-14)18(21)26-4/h5-10H,1-4H3. The van der Waals surface area contributed by atoms with Crippen molar-refractivity contribution >= 4 is 17.9 Å². The first-order valence-corrected chi connectivity index (χ1v) is 7.69. The van der Waals surface area contributed by atoms with Gasteiger partial charge >= 0.3 is 17.9 Å².